The summed E-state index contributed by atoms with van der Waals surface area (Å²) in [4.78, 5) is 46.2. The Morgan fingerprint density at radius 1 is 1.00 bits per heavy atom. The Bertz CT molecular complexity index is 1560. The highest BCUT2D eigenvalue weighted by atomic mass is 19.1. The Hall–Kier alpha value is -4.99. The largest absolute Gasteiger partial charge is 0.507 e. The average Bonchev–Trinajstić information content (AvgIpc) is 3.41. The number of hydrogen-bond donors (Lipinski definition) is 3. The van der Waals surface area contributed by atoms with Crippen LogP contribution in [0.2, 0.25) is 0 Å². The quantitative estimate of drug-likeness (QED) is 0.220. The number of aliphatic hydroxyl groups excluding tert-OH is 1. The monoisotopic (exact) mass is 487 g/mol. The average molecular weight is 487 g/mol. The molecule has 9 nitrogen and oxygen atoms in total. The van der Waals surface area contributed by atoms with Crippen LogP contribution in [0.25, 0.3) is 16.8 Å². The molecule has 0 spiro atoms. The maximum absolute atomic E-state index is 13.5. The van der Waals surface area contributed by atoms with Gasteiger partial charge in [0.15, 0.2) is 0 Å². The number of carbonyl (C=O) groups excluding carboxylic acids is 2. The van der Waals surface area contributed by atoms with Crippen molar-refractivity contribution in [1.82, 2.24) is 9.97 Å². The summed E-state index contributed by atoms with van der Waals surface area (Å²) in [5.74, 6) is -3.50. The molecular weight excluding hydrogens is 469 g/mol. The van der Waals surface area contributed by atoms with Gasteiger partial charge in [-0.2, -0.15) is 0 Å². The van der Waals surface area contributed by atoms with E-state index in [1.807, 2.05) is 0 Å². The number of imidazole rings is 1. The van der Waals surface area contributed by atoms with Crippen LogP contribution in [0, 0.1) is 5.82 Å². The number of aromatic carboxylic acids is 1. The number of halogens is 1. The van der Waals surface area contributed by atoms with Crippen LogP contribution >= 0.6 is 0 Å². The van der Waals surface area contributed by atoms with Gasteiger partial charge >= 0.3 is 11.9 Å². The number of hydrogen-bond acceptors (Lipinski definition) is 6. The summed E-state index contributed by atoms with van der Waals surface area (Å²) in [7, 11) is 1.50. The van der Waals surface area contributed by atoms with Crippen molar-refractivity contribution in [3.63, 3.8) is 0 Å². The van der Waals surface area contributed by atoms with Gasteiger partial charge < -0.3 is 19.9 Å². The van der Waals surface area contributed by atoms with Gasteiger partial charge in [-0.15, -0.1) is 0 Å². The maximum Gasteiger partial charge on any atom is 0.335 e. The van der Waals surface area contributed by atoms with Crippen molar-refractivity contribution in [3.05, 3.63) is 94.8 Å². The van der Waals surface area contributed by atoms with E-state index < -0.39 is 35.3 Å². The van der Waals surface area contributed by atoms with E-state index in [4.69, 9.17) is 4.74 Å². The zero-order valence-electron chi connectivity index (χ0n) is 18.7. The number of methoxy groups -OCH3 is 1. The number of aromatic nitrogens is 2. The van der Waals surface area contributed by atoms with Gasteiger partial charge in [-0.05, 0) is 60.2 Å². The molecule has 1 aliphatic heterocycles. The first-order valence-electron chi connectivity index (χ1n) is 10.7. The number of nitrogens with one attached hydrogen (secondary N) is 1. The molecule has 4 aromatic rings. The predicted octanol–water partition coefficient (Wildman–Crippen LogP) is 4.04. The van der Waals surface area contributed by atoms with Crippen molar-refractivity contribution in [2.45, 2.75) is 6.04 Å². The number of fused-ring (bicyclic) bond motifs is 1. The van der Waals surface area contributed by atoms with Gasteiger partial charge in [0, 0.05) is 5.56 Å². The van der Waals surface area contributed by atoms with E-state index in [0.29, 0.717) is 22.3 Å². The van der Waals surface area contributed by atoms with Gasteiger partial charge in [0.05, 0.1) is 35.3 Å². The molecule has 36 heavy (non-hydrogen) atoms. The highest BCUT2D eigenvalue weighted by Gasteiger charge is 2.48. The standard InChI is InChI=1S/C26H18FN3O6/c1-36-17-9-4-13(5-10-17)21-20(22(31)14-2-7-16(27)8-3-14)23(32)24(33)30(21)26-28-18-11-6-15(25(34)35)12-19(18)29-26/h2-12,21,31H,1H3,(H,28,29)(H,34,35)/b22-20+. The smallest absolute Gasteiger partial charge is 0.335 e. The minimum atomic E-state index is -1.13. The van der Waals surface area contributed by atoms with Crippen molar-refractivity contribution in [3.8, 4) is 5.75 Å². The Morgan fingerprint density at radius 3 is 2.31 bits per heavy atom. The molecule has 0 saturated carbocycles. The first-order valence-corrected chi connectivity index (χ1v) is 10.7. The first-order chi connectivity index (χ1) is 17.3. The van der Waals surface area contributed by atoms with Crippen LogP contribution in [0.1, 0.15) is 27.5 Å². The molecule has 2 heterocycles. The van der Waals surface area contributed by atoms with Crippen molar-refractivity contribution >= 4 is 40.4 Å². The van der Waals surface area contributed by atoms with Gasteiger partial charge in [0.1, 0.15) is 17.3 Å². The number of ketones is 1. The van der Waals surface area contributed by atoms with Crippen molar-refractivity contribution in [2.75, 3.05) is 12.0 Å². The number of Topliss-reactive ketones (excluding diaryl/α,β-unsaturated/α-hetero) is 1. The number of benzene rings is 3. The van der Waals surface area contributed by atoms with E-state index >= 15 is 0 Å². The normalized spacial score (nSPS) is 17.1. The molecule has 0 bridgehead atoms. The molecule has 1 saturated heterocycles. The molecule has 0 aliphatic carbocycles. The molecule has 1 unspecified atom stereocenters. The number of carboxylic acids is 1. The van der Waals surface area contributed by atoms with Gasteiger partial charge in [-0.25, -0.2) is 14.2 Å². The van der Waals surface area contributed by atoms with Gasteiger partial charge in [-0.1, -0.05) is 12.1 Å². The molecule has 10 heteroatoms. The Balaban J connectivity index is 1.70. The number of carboxylic acid groups (broad SMARTS) is 1. The Labute approximate surface area is 203 Å². The molecule has 3 aromatic carbocycles. The van der Waals surface area contributed by atoms with Crippen LogP contribution in [0.4, 0.5) is 10.3 Å². The van der Waals surface area contributed by atoms with Crippen molar-refractivity contribution in [1.29, 1.82) is 0 Å². The maximum atomic E-state index is 13.5. The fraction of sp³-hybridized carbons (Fsp3) is 0.0769. The van der Waals surface area contributed by atoms with Gasteiger partial charge in [0.25, 0.3) is 5.78 Å². The summed E-state index contributed by atoms with van der Waals surface area (Å²) in [6.07, 6.45) is 0. The van der Waals surface area contributed by atoms with Crippen LogP contribution in [0.5, 0.6) is 5.75 Å². The third kappa shape index (κ3) is 3.74. The third-order valence-corrected chi connectivity index (χ3v) is 5.94. The lowest BCUT2D eigenvalue weighted by atomic mass is 9.95. The van der Waals surface area contributed by atoms with Crippen LogP contribution in [0.3, 0.4) is 0 Å². The number of rotatable bonds is 5. The molecule has 0 radical (unpaired) electrons. The minimum absolute atomic E-state index is 0.00591. The predicted molar refractivity (Wildman–Crippen MR) is 127 cm³/mol. The number of nitrogens with zero attached hydrogens (tertiary/aromatic N) is 2. The minimum Gasteiger partial charge on any atom is -0.507 e. The molecule has 1 amide bonds. The number of anilines is 1. The van der Waals surface area contributed by atoms with Crippen molar-refractivity contribution in [2.24, 2.45) is 0 Å². The lowest BCUT2D eigenvalue weighted by Crippen LogP contribution is -2.30. The summed E-state index contributed by atoms with van der Waals surface area (Å²) >= 11 is 0. The number of amides is 1. The number of H-pyrrole nitrogens is 1. The van der Waals surface area contributed by atoms with E-state index in [9.17, 15) is 29.0 Å². The molecule has 5 rings (SSSR count). The highest BCUT2D eigenvalue weighted by Crippen LogP contribution is 2.42. The second-order valence-electron chi connectivity index (χ2n) is 8.05. The molecule has 1 aliphatic rings. The lowest BCUT2D eigenvalue weighted by molar-refractivity contribution is -0.132. The van der Waals surface area contributed by atoms with Crippen molar-refractivity contribution < 1.29 is 33.7 Å². The molecule has 180 valence electrons. The summed E-state index contributed by atoms with van der Waals surface area (Å²) in [5.41, 5.74) is 1.17. The van der Waals surface area contributed by atoms with Crippen LogP contribution in [-0.2, 0) is 9.59 Å². The van der Waals surface area contributed by atoms with Crippen LogP contribution < -0.4 is 9.64 Å². The second kappa shape index (κ2) is 8.66. The summed E-state index contributed by atoms with van der Waals surface area (Å²) < 4.78 is 18.7. The zero-order valence-corrected chi connectivity index (χ0v) is 18.7. The lowest BCUT2D eigenvalue weighted by Gasteiger charge is -2.23. The molecular formula is C26H18FN3O6. The second-order valence-corrected chi connectivity index (χ2v) is 8.05. The molecule has 3 N–H and O–H groups in total. The van der Waals surface area contributed by atoms with E-state index in [1.165, 1.54) is 37.4 Å². The van der Waals surface area contributed by atoms with E-state index in [1.54, 1.807) is 24.3 Å². The fourth-order valence-corrected chi connectivity index (χ4v) is 4.16. The number of aromatic amines is 1. The fourth-order valence-electron chi connectivity index (χ4n) is 4.16. The number of aliphatic hydroxyl groups is 1. The summed E-state index contributed by atoms with van der Waals surface area (Å²) in [5, 5.41) is 20.4. The zero-order chi connectivity index (χ0) is 25.6. The van der Waals surface area contributed by atoms with Crippen LogP contribution in [-0.4, -0.2) is 45.0 Å². The third-order valence-electron chi connectivity index (χ3n) is 5.94. The molecule has 1 atom stereocenters. The van der Waals surface area contributed by atoms with E-state index in [2.05, 4.69) is 9.97 Å². The summed E-state index contributed by atoms with van der Waals surface area (Å²) in [6.45, 7) is 0. The van der Waals surface area contributed by atoms with E-state index in [0.717, 1.165) is 17.0 Å². The Morgan fingerprint density at radius 2 is 1.67 bits per heavy atom. The summed E-state index contributed by atoms with van der Waals surface area (Å²) in [6, 6.07) is 14.6. The highest BCUT2D eigenvalue weighted by molar-refractivity contribution is 6.51. The molecule has 1 aromatic heterocycles. The number of ether oxygens (including phenoxy) is 1. The topological polar surface area (TPSA) is 133 Å². The molecule has 1 fully saturated rings. The van der Waals surface area contributed by atoms with E-state index in [-0.39, 0.29) is 22.6 Å². The van der Waals surface area contributed by atoms with Gasteiger partial charge in [0.2, 0.25) is 5.95 Å². The number of carbonyl (C=O) groups is 3. The van der Waals surface area contributed by atoms with Crippen LogP contribution in [0.15, 0.2) is 72.3 Å². The SMILES string of the molecule is COc1ccc(C2/C(=C(\O)c3ccc(F)cc3)C(=O)C(=O)N2c2nc3ccc(C(=O)O)cc3[nH]2)cc1. The Kier molecular flexibility index (Phi) is 5.48. The van der Waals surface area contributed by atoms with Gasteiger partial charge in [-0.3, -0.25) is 14.5 Å². The first kappa shape index (κ1) is 22.8.